The zero-order chi connectivity index (χ0) is 14.0. The number of nitrogens with one attached hydrogen (secondary N) is 2. The molecule has 0 amide bonds. The second-order valence-corrected chi connectivity index (χ2v) is 6.62. The summed E-state index contributed by atoms with van der Waals surface area (Å²) in [5, 5.41) is 0.274. The van der Waals surface area contributed by atoms with Crippen molar-refractivity contribution >= 4 is 43.2 Å². The molecule has 0 spiro atoms. The molecule has 2 aromatic rings. The molecule has 1 aromatic heterocycles. The molecule has 0 atom stereocenters. The highest BCUT2D eigenvalue weighted by Crippen LogP contribution is 2.27. The van der Waals surface area contributed by atoms with Crippen LogP contribution >= 0.6 is 27.5 Å². The molecule has 2 N–H and O–H groups in total. The van der Waals surface area contributed by atoms with Gasteiger partial charge in [0.05, 0.1) is 10.7 Å². The van der Waals surface area contributed by atoms with Gasteiger partial charge < -0.3 is 4.98 Å². The zero-order valence-corrected chi connectivity index (χ0v) is 12.5. The monoisotopic (exact) mass is 362 g/mol. The Morgan fingerprint density at radius 3 is 2.58 bits per heavy atom. The van der Waals surface area contributed by atoms with Crippen molar-refractivity contribution in [2.75, 3.05) is 4.72 Å². The molecule has 0 aliphatic carbocycles. The van der Waals surface area contributed by atoms with Gasteiger partial charge in [-0.25, -0.2) is 8.42 Å². The molecule has 0 unspecified atom stereocenters. The number of anilines is 1. The SMILES string of the molecule is O=c1ccc(S(=O)(=O)Nc2cc(Br)ccc2Cl)c[nH]1. The van der Waals surface area contributed by atoms with E-state index >= 15 is 0 Å². The van der Waals surface area contributed by atoms with E-state index in [0.717, 1.165) is 12.3 Å². The first-order chi connectivity index (χ1) is 8.88. The van der Waals surface area contributed by atoms with E-state index in [1.807, 2.05) is 0 Å². The highest BCUT2D eigenvalue weighted by atomic mass is 79.9. The number of sulfonamides is 1. The molecule has 1 aromatic carbocycles. The lowest BCUT2D eigenvalue weighted by atomic mass is 10.3. The maximum absolute atomic E-state index is 12.1. The van der Waals surface area contributed by atoms with Gasteiger partial charge in [-0.05, 0) is 24.3 Å². The summed E-state index contributed by atoms with van der Waals surface area (Å²) in [4.78, 5) is 13.2. The van der Waals surface area contributed by atoms with E-state index in [9.17, 15) is 13.2 Å². The average molecular weight is 364 g/mol. The maximum Gasteiger partial charge on any atom is 0.263 e. The third-order valence-corrected chi connectivity index (χ3v) is 4.42. The predicted molar refractivity (Wildman–Crippen MR) is 77.0 cm³/mol. The topological polar surface area (TPSA) is 79.0 Å². The largest absolute Gasteiger partial charge is 0.328 e. The third kappa shape index (κ3) is 3.37. The molecule has 5 nitrogen and oxygen atoms in total. The predicted octanol–water partition coefficient (Wildman–Crippen LogP) is 2.59. The van der Waals surface area contributed by atoms with E-state index < -0.39 is 10.0 Å². The summed E-state index contributed by atoms with van der Waals surface area (Å²) >= 11 is 9.14. The highest BCUT2D eigenvalue weighted by Gasteiger charge is 2.16. The van der Waals surface area contributed by atoms with E-state index in [0.29, 0.717) is 4.47 Å². The van der Waals surface area contributed by atoms with E-state index in [1.54, 1.807) is 18.2 Å². The Kier molecular flexibility index (Phi) is 3.98. The zero-order valence-electron chi connectivity index (χ0n) is 9.35. The maximum atomic E-state index is 12.1. The number of hydrogen-bond donors (Lipinski definition) is 2. The summed E-state index contributed by atoms with van der Waals surface area (Å²) in [7, 11) is -3.79. The molecule has 0 saturated carbocycles. The number of halogens is 2. The molecule has 0 fully saturated rings. The first-order valence-corrected chi connectivity index (χ1v) is 7.70. The van der Waals surface area contributed by atoms with Crippen molar-refractivity contribution < 1.29 is 8.42 Å². The molecule has 1 heterocycles. The Morgan fingerprint density at radius 2 is 1.95 bits per heavy atom. The number of H-pyrrole nitrogens is 1. The van der Waals surface area contributed by atoms with Crippen LogP contribution in [0, 0.1) is 0 Å². The van der Waals surface area contributed by atoms with Crippen molar-refractivity contribution in [3.05, 3.63) is 56.4 Å². The summed E-state index contributed by atoms with van der Waals surface area (Å²) in [5.74, 6) is 0. The van der Waals surface area contributed by atoms with Crippen molar-refractivity contribution in [2.45, 2.75) is 4.90 Å². The fourth-order valence-corrected chi connectivity index (χ4v) is 2.96. The van der Waals surface area contributed by atoms with Crippen LogP contribution in [0.5, 0.6) is 0 Å². The lowest BCUT2D eigenvalue weighted by Gasteiger charge is -2.09. The first kappa shape index (κ1) is 14.1. The van der Waals surface area contributed by atoms with Gasteiger partial charge in [-0.2, -0.15) is 0 Å². The Labute approximate surface area is 122 Å². The lowest BCUT2D eigenvalue weighted by Crippen LogP contribution is -2.15. The molecule has 0 radical (unpaired) electrons. The Bertz CT molecular complexity index is 753. The van der Waals surface area contributed by atoms with Crippen LogP contribution in [0.1, 0.15) is 0 Å². The van der Waals surface area contributed by atoms with E-state index in [2.05, 4.69) is 25.6 Å². The Balaban J connectivity index is 2.39. The second-order valence-electron chi connectivity index (χ2n) is 3.62. The number of rotatable bonds is 3. The average Bonchev–Trinajstić information content (AvgIpc) is 2.34. The van der Waals surface area contributed by atoms with Gasteiger partial charge in [0.2, 0.25) is 5.56 Å². The lowest BCUT2D eigenvalue weighted by molar-refractivity contribution is 0.600. The van der Waals surface area contributed by atoms with Gasteiger partial charge in [-0.15, -0.1) is 0 Å². The van der Waals surface area contributed by atoms with Gasteiger partial charge in [0.1, 0.15) is 4.90 Å². The molecule has 100 valence electrons. The van der Waals surface area contributed by atoms with Gasteiger partial charge >= 0.3 is 0 Å². The molecule has 0 aliphatic heterocycles. The second kappa shape index (κ2) is 5.36. The normalized spacial score (nSPS) is 11.3. The summed E-state index contributed by atoms with van der Waals surface area (Å²) in [6.07, 6.45) is 1.12. The Hall–Kier alpha value is -1.31. The van der Waals surface area contributed by atoms with Crippen molar-refractivity contribution in [3.8, 4) is 0 Å². The van der Waals surface area contributed by atoms with Crippen LogP contribution in [0.25, 0.3) is 0 Å². The minimum absolute atomic E-state index is 0.0526. The minimum atomic E-state index is -3.79. The van der Waals surface area contributed by atoms with Crippen LogP contribution in [-0.2, 0) is 10.0 Å². The molecule has 0 bridgehead atoms. The minimum Gasteiger partial charge on any atom is -0.328 e. The number of pyridine rings is 1. The van der Waals surface area contributed by atoms with Gasteiger partial charge in [-0.1, -0.05) is 27.5 Å². The van der Waals surface area contributed by atoms with Crippen molar-refractivity contribution in [3.63, 3.8) is 0 Å². The summed E-state index contributed by atoms with van der Waals surface area (Å²) in [5.41, 5.74) is -0.123. The highest BCUT2D eigenvalue weighted by molar-refractivity contribution is 9.10. The van der Waals surface area contributed by atoms with Crippen LogP contribution in [-0.4, -0.2) is 13.4 Å². The van der Waals surface area contributed by atoms with Crippen LogP contribution in [0.15, 0.2) is 50.7 Å². The molecule has 2 rings (SSSR count). The fraction of sp³-hybridized carbons (Fsp3) is 0. The molecule has 0 aliphatic rings. The summed E-state index contributed by atoms with van der Waals surface area (Å²) in [6, 6.07) is 7.16. The van der Waals surface area contributed by atoms with Crippen LogP contribution in [0.2, 0.25) is 5.02 Å². The standard InChI is InChI=1S/C11H8BrClN2O3S/c12-7-1-3-9(13)10(5-7)15-19(17,18)8-2-4-11(16)14-6-8/h1-6,15H,(H,14,16). The molecule has 8 heteroatoms. The quantitative estimate of drug-likeness (QED) is 0.880. The van der Waals surface area contributed by atoms with Crippen molar-refractivity contribution in [2.24, 2.45) is 0 Å². The number of hydrogen-bond acceptors (Lipinski definition) is 3. The Morgan fingerprint density at radius 1 is 1.21 bits per heavy atom. The molecule has 0 saturated heterocycles. The van der Waals surface area contributed by atoms with Gasteiger partial charge in [0.25, 0.3) is 10.0 Å². The summed E-state index contributed by atoms with van der Waals surface area (Å²) in [6.45, 7) is 0. The molecule has 19 heavy (non-hydrogen) atoms. The molecular weight excluding hydrogens is 356 g/mol. The number of aromatic nitrogens is 1. The van der Waals surface area contributed by atoms with Crippen LogP contribution in [0.3, 0.4) is 0 Å². The van der Waals surface area contributed by atoms with Crippen molar-refractivity contribution in [1.29, 1.82) is 0 Å². The summed E-state index contributed by atoms with van der Waals surface area (Å²) < 4.78 is 27.2. The van der Waals surface area contributed by atoms with E-state index in [4.69, 9.17) is 11.6 Å². The number of benzene rings is 1. The molecular formula is C11H8BrClN2O3S. The third-order valence-electron chi connectivity index (χ3n) is 2.24. The van der Waals surface area contributed by atoms with Crippen LogP contribution < -0.4 is 10.3 Å². The van der Waals surface area contributed by atoms with Gasteiger partial charge in [-0.3, -0.25) is 9.52 Å². The smallest absolute Gasteiger partial charge is 0.263 e. The van der Waals surface area contributed by atoms with Crippen LogP contribution in [0.4, 0.5) is 5.69 Å². The van der Waals surface area contributed by atoms with Crippen molar-refractivity contribution in [1.82, 2.24) is 4.98 Å². The fourth-order valence-electron chi connectivity index (χ4n) is 1.34. The van der Waals surface area contributed by atoms with E-state index in [1.165, 1.54) is 6.07 Å². The van der Waals surface area contributed by atoms with E-state index in [-0.39, 0.29) is 21.2 Å². The van der Waals surface area contributed by atoms with Gasteiger partial charge in [0.15, 0.2) is 0 Å². The number of aromatic amines is 1. The first-order valence-electron chi connectivity index (χ1n) is 5.05. The van der Waals surface area contributed by atoms with Gasteiger partial charge in [0, 0.05) is 16.7 Å².